The molecule has 2 aromatic carbocycles. The van der Waals surface area contributed by atoms with Gasteiger partial charge in [0, 0.05) is 12.1 Å². The summed E-state index contributed by atoms with van der Waals surface area (Å²) in [5, 5.41) is 18.0. The number of furan rings is 1. The first kappa shape index (κ1) is 23.6. The monoisotopic (exact) mass is 503 g/mol. The lowest BCUT2D eigenvalue weighted by Crippen LogP contribution is -2.25. The fourth-order valence-corrected chi connectivity index (χ4v) is 4.07. The largest absolute Gasteiger partial charge is 0.478 e. The Labute approximate surface area is 211 Å². The molecule has 1 aliphatic carbocycles. The van der Waals surface area contributed by atoms with Crippen molar-refractivity contribution in [3.63, 3.8) is 0 Å². The molecule has 8 nitrogen and oxygen atoms in total. The molecular formula is C27H22ClN3O5. The summed E-state index contributed by atoms with van der Waals surface area (Å²) in [5.41, 5.74) is 2.27. The normalized spacial score (nSPS) is 16.4. The maximum Gasteiger partial charge on any atom is 0.335 e. The van der Waals surface area contributed by atoms with Crippen LogP contribution in [0.4, 0.5) is 5.69 Å². The van der Waals surface area contributed by atoms with Crippen molar-refractivity contribution >= 4 is 46.9 Å². The Kier molecular flexibility index (Phi) is 6.20. The van der Waals surface area contributed by atoms with Crippen molar-refractivity contribution in [3.05, 3.63) is 82.1 Å². The van der Waals surface area contributed by atoms with Crippen LogP contribution in [0.2, 0.25) is 5.02 Å². The summed E-state index contributed by atoms with van der Waals surface area (Å²) in [5.74, 6) is -0.209. The summed E-state index contributed by atoms with van der Waals surface area (Å²) >= 11 is 6.26. The molecule has 2 heterocycles. The van der Waals surface area contributed by atoms with Crippen LogP contribution in [0.5, 0.6) is 0 Å². The lowest BCUT2D eigenvalue weighted by Gasteiger charge is -2.12. The van der Waals surface area contributed by atoms with Crippen molar-refractivity contribution in [2.45, 2.75) is 19.8 Å². The Bertz CT molecular complexity index is 1450. The molecule has 3 aromatic rings. The number of carbonyl (C=O) groups excluding carboxylic acids is 2. The van der Waals surface area contributed by atoms with Crippen molar-refractivity contribution in [2.75, 3.05) is 11.6 Å². The molecule has 0 bridgehead atoms. The molecule has 0 saturated heterocycles. The molecule has 1 saturated carbocycles. The van der Waals surface area contributed by atoms with Crippen LogP contribution in [0.25, 0.3) is 17.4 Å². The van der Waals surface area contributed by atoms with E-state index in [4.69, 9.17) is 16.0 Å². The molecule has 0 atom stereocenters. The second-order valence-electron chi connectivity index (χ2n) is 8.77. The van der Waals surface area contributed by atoms with Gasteiger partial charge in [0.2, 0.25) is 0 Å². The van der Waals surface area contributed by atoms with Gasteiger partial charge in [-0.3, -0.25) is 9.59 Å². The number of carboxylic acid groups (broad SMARTS) is 1. The number of anilines is 1. The van der Waals surface area contributed by atoms with Crippen molar-refractivity contribution in [3.8, 4) is 11.3 Å². The van der Waals surface area contributed by atoms with Crippen molar-refractivity contribution in [1.82, 2.24) is 5.32 Å². The van der Waals surface area contributed by atoms with E-state index in [1.165, 1.54) is 17.1 Å². The van der Waals surface area contributed by atoms with Gasteiger partial charge in [0.05, 0.1) is 33.1 Å². The molecule has 0 radical (unpaired) electrons. The van der Waals surface area contributed by atoms with Crippen LogP contribution < -0.4 is 10.3 Å². The number of nitrogens with zero attached hydrogens (tertiary/aromatic N) is 2. The van der Waals surface area contributed by atoms with Gasteiger partial charge in [0.1, 0.15) is 11.5 Å². The Balaban J connectivity index is 1.37. The summed E-state index contributed by atoms with van der Waals surface area (Å²) in [6.45, 7) is 2.34. The molecule has 2 aliphatic rings. The van der Waals surface area contributed by atoms with Gasteiger partial charge in [0.25, 0.3) is 11.8 Å². The predicted molar refractivity (Wildman–Crippen MR) is 136 cm³/mol. The van der Waals surface area contributed by atoms with E-state index in [2.05, 4.69) is 10.4 Å². The van der Waals surface area contributed by atoms with Crippen LogP contribution in [-0.4, -0.2) is 35.1 Å². The zero-order chi connectivity index (χ0) is 25.4. The average molecular weight is 504 g/mol. The number of aromatic carboxylic acids is 1. The molecule has 2 N–H and O–H groups in total. The van der Waals surface area contributed by atoms with Gasteiger partial charge in [-0.25, -0.2) is 4.79 Å². The second kappa shape index (κ2) is 9.47. The fourth-order valence-electron chi connectivity index (χ4n) is 3.86. The SMILES string of the molecule is CC1=NN(c2cccc(C(=O)O)c2)C(=O)/C1=C/c1ccc(-c2ccc(Cl)c(C(=O)NCC3CC3)c2)o1. The molecular weight excluding hydrogens is 482 g/mol. The minimum atomic E-state index is -1.09. The predicted octanol–water partition coefficient (Wildman–Crippen LogP) is 5.24. The molecule has 2 amide bonds. The number of halogens is 1. The number of carboxylic acids is 1. The summed E-state index contributed by atoms with van der Waals surface area (Å²) in [6.07, 6.45) is 3.86. The highest BCUT2D eigenvalue weighted by Crippen LogP contribution is 2.31. The first-order chi connectivity index (χ1) is 17.3. The number of hydrogen-bond acceptors (Lipinski definition) is 5. The summed E-state index contributed by atoms with van der Waals surface area (Å²) in [7, 11) is 0. The van der Waals surface area contributed by atoms with E-state index in [1.807, 2.05) is 0 Å². The third-order valence-corrected chi connectivity index (χ3v) is 6.39. The lowest BCUT2D eigenvalue weighted by atomic mass is 10.1. The number of carbonyl (C=O) groups is 3. The van der Waals surface area contributed by atoms with Crippen LogP contribution in [0.15, 0.2) is 69.7 Å². The summed E-state index contributed by atoms with van der Waals surface area (Å²) < 4.78 is 5.95. The first-order valence-corrected chi connectivity index (χ1v) is 11.8. The molecule has 1 fully saturated rings. The number of rotatable bonds is 7. The van der Waals surface area contributed by atoms with E-state index in [9.17, 15) is 19.5 Å². The molecule has 5 rings (SSSR count). The van der Waals surface area contributed by atoms with Crippen molar-refractivity contribution in [1.29, 1.82) is 0 Å². The minimum absolute atomic E-state index is 0.0600. The van der Waals surface area contributed by atoms with Gasteiger partial charge in [-0.2, -0.15) is 10.1 Å². The topological polar surface area (TPSA) is 112 Å². The Morgan fingerprint density at radius 3 is 2.75 bits per heavy atom. The van der Waals surface area contributed by atoms with Crippen LogP contribution >= 0.6 is 11.6 Å². The first-order valence-electron chi connectivity index (χ1n) is 11.4. The number of nitrogens with one attached hydrogen (secondary N) is 1. The molecule has 9 heteroatoms. The second-order valence-corrected chi connectivity index (χ2v) is 9.17. The molecule has 1 aromatic heterocycles. The van der Waals surface area contributed by atoms with Gasteiger partial charge < -0.3 is 14.8 Å². The minimum Gasteiger partial charge on any atom is -0.478 e. The van der Waals surface area contributed by atoms with Crippen molar-refractivity contribution in [2.24, 2.45) is 11.0 Å². The lowest BCUT2D eigenvalue weighted by molar-refractivity contribution is -0.114. The molecule has 36 heavy (non-hydrogen) atoms. The number of amides is 2. The summed E-state index contributed by atoms with van der Waals surface area (Å²) in [6, 6.07) is 14.6. The van der Waals surface area contributed by atoms with Gasteiger partial charge in [-0.1, -0.05) is 17.7 Å². The zero-order valence-electron chi connectivity index (χ0n) is 19.3. The van der Waals surface area contributed by atoms with Gasteiger partial charge in [0.15, 0.2) is 0 Å². The van der Waals surface area contributed by atoms with Crippen LogP contribution in [0.1, 0.15) is 46.2 Å². The Morgan fingerprint density at radius 1 is 1.19 bits per heavy atom. The highest BCUT2D eigenvalue weighted by atomic mass is 35.5. The van der Waals surface area contributed by atoms with Gasteiger partial charge in [-0.15, -0.1) is 0 Å². The van der Waals surface area contributed by atoms with Gasteiger partial charge in [-0.05, 0) is 80.3 Å². The maximum atomic E-state index is 13.0. The molecule has 182 valence electrons. The van der Waals surface area contributed by atoms with E-state index in [1.54, 1.807) is 55.5 Å². The third-order valence-electron chi connectivity index (χ3n) is 6.06. The van der Waals surface area contributed by atoms with E-state index in [-0.39, 0.29) is 11.5 Å². The molecule has 1 aliphatic heterocycles. The van der Waals surface area contributed by atoms with Crippen LogP contribution in [0, 0.1) is 5.92 Å². The molecule has 0 unspecified atom stereocenters. The van der Waals surface area contributed by atoms with E-state index >= 15 is 0 Å². The van der Waals surface area contributed by atoms with E-state index in [0.717, 1.165) is 12.8 Å². The maximum absolute atomic E-state index is 13.0. The molecule has 0 spiro atoms. The van der Waals surface area contributed by atoms with Crippen molar-refractivity contribution < 1.29 is 23.9 Å². The standard InChI is InChI=1S/C27H22ClN3O5/c1-15-21(26(33)31(30-15)19-4-2-3-18(11-19)27(34)35)13-20-8-10-24(36-20)17-7-9-23(28)22(12-17)25(32)29-14-16-5-6-16/h2-4,7-13,16H,5-6,14H2,1H3,(H,29,32)(H,34,35)/b21-13+. The smallest absolute Gasteiger partial charge is 0.335 e. The highest BCUT2D eigenvalue weighted by Gasteiger charge is 2.29. The number of hydrogen-bond donors (Lipinski definition) is 2. The summed E-state index contributed by atoms with van der Waals surface area (Å²) in [4.78, 5) is 36.9. The van der Waals surface area contributed by atoms with Crippen LogP contribution in [0.3, 0.4) is 0 Å². The fraction of sp³-hybridized carbons (Fsp3) is 0.185. The van der Waals surface area contributed by atoms with Crippen LogP contribution in [-0.2, 0) is 4.79 Å². The third kappa shape index (κ3) is 4.81. The average Bonchev–Trinajstić information content (AvgIpc) is 3.52. The zero-order valence-corrected chi connectivity index (χ0v) is 20.1. The van der Waals surface area contributed by atoms with E-state index in [0.29, 0.717) is 57.1 Å². The highest BCUT2D eigenvalue weighted by molar-refractivity contribution is 6.34. The Morgan fingerprint density at radius 2 is 2.00 bits per heavy atom. The number of hydrazone groups is 1. The number of benzene rings is 2. The van der Waals surface area contributed by atoms with E-state index < -0.39 is 11.9 Å². The quantitative estimate of drug-likeness (QED) is 0.428. The van der Waals surface area contributed by atoms with Gasteiger partial charge >= 0.3 is 5.97 Å². The Hall–Kier alpha value is -4.17.